The molecule has 0 radical (unpaired) electrons. The maximum atomic E-state index is 12.6. The number of pyridine rings is 1. The first-order chi connectivity index (χ1) is 10.2. The lowest BCUT2D eigenvalue weighted by atomic mass is 9.90. The van der Waals surface area contributed by atoms with Crippen LogP contribution in [0.15, 0.2) is 29.0 Å². The third-order valence-electron chi connectivity index (χ3n) is 4.21. The van der Waals surface area contributed by atoms with E-state index in [9.17, 15) is 4.79 Å². The van der Waals surface area contributed by atoms with Gasteiger partial charge in [0.15, 0.2) is 0 Å². The SMILES string of the molecule is Cc1noc(C)c1C(=O)N1CCC(c2ccncc2)CC1. The lowest BCUT2D eigenvalue weighted by Crippen LogP contribution is -2.38. The molecule has 0 N–H and O–H groups in total. The van der Waals surface area contributed by atoms with Gasteiger partial charge in [-0.05, 0) is 50.3 Å². The molecule has 1 aliphatic heterocycles. The molecule has 0 saturated carbocycles. The molecule has 0 spiro atoms. The summed E-state index contributed by atoms with van der Waals surface area (Å²) in [5.41, 5.74) is 2.61. The fourth-order valence-corrected chi connectivity index (χ4v) is 3.00. The zero-order valence-electron chi connectivity index (χ0n) is 12.4. The molecule has 5 nitrogen and oxygen atoms in total. The molecule has 0 aliphatic carbocycles. The third kappa shape index (κ3) is 2.68. The van der Waals surface area contributed by atoms with Gasteiger partial charge in [0.05, 0.1) is 5.69 Å². The molecule has 1 aliphatic rings. The molecule has 3 rings (SSSR count). The molecule has 3 heterocycles. The third-order valence-corrected chi connectivity index (χ3v) is 4.21. The van der Waals surface area contributed by atoms with Crippen molar-refractivity contribution in [3.05, 3.63) is 47.1 Å². The number of nitrogens with zero attached hydrogens (tertiary/aromatic N) is 3. The van der Waals surface area contributed by atoms with Gasteiger partial charge in [-0.2, -0.15) is 0 Å². The Morgan fingerprint density at radius 3 is 2.48 bits per heavy atom. The minimum Gasteiger partial charge on any atom is -0.361 e. The molecule has 1 amide bonds. The van der Waals surface area contributed by atoms with Crippen LogP contribution in [0.5, 0.6) is 0 Å². The Hall–Kier alpha value is -2.17. The number of rotatable bonds is 2. The van der Waals surface area contributed by atoms with Crippen LogP contribution in [0.1, 0.15) is 46.1 Å². The molecular formula is C16H19N3O2. The van der Waals surface area contributed by atoms with Gasteiger partial charge in [-0.3, -0.25) is 9.78 Å². The predicted octanol–water partition coefficient (Wildman–Crippen LogP) is 2.71. The Bertz CT molecular complexity index is 609. The summed E-state index contributed by atoms with van der Waals surface area (Å²) in [4.78, 5) is 18.5. The van der Waals surface area contributed by atoms with E-state index in [-0.39, 0.29) is 5.91 Å². The van der Waals surface area contributed by atoms with Gasteiger partial charge in [0, 0.05) is 25.5 Å². The van der Waals surface area contributed by atoms with Crippen LogP contribution in [0.4, 0.5) is 0 Å². The summed E-state index contributed by atoms with van der Waals surface area (Å²) >= 11 is 0. The number of aromatic nitrogens is 2. The Morgan fingerprint density at radius 2 is 1.90 bits per heavy atom. The zero-order chi connectivity index (χ0) is 14.8. The smallest absolute Gasteiger partial charge is 0.259 e. The van der Waals surface area contributed by atoms with Crippen molar-refractivity contribution in [1.82, 2.24) is 15.0 Å². The average Bonchev–Trinajstić information content (AvgIpc) is 2.87. The van der Waals surface area contributed by atoms with E-state index < -0.39 is 0 Å². The number of amides is 1. The van der Waals surface area contributed by atoms with Gasteiger partial charge in [-0.15, -0.1) is 0 Å². The first kappa shape index (κ1) is 13.8. The van der Waals surface area contributed by atoms with Crippen molar-refractivity contribution >= 4 is 5.91 Å². The van der Waals surface area contributed by atoms with Crippen molar-refractivity contribution in [2.75, 3.05) is 13.1 Å². The second-order valence-electron chi connectivity index (χ2n) is 5.55. The van der Waals surface area contributed by atoms with Crippen LogP contribution in [-0.2, 0) is 0 Å². The van der Waals surface area contributed by atoms with Crippen LogP contribution >= 0.6 is 0 Å². The summed E-state index contributed by atoms with van der Waals surface area (Å²) in [6.45, 7) is 5.15. The quantitative estimate of drug-likeness (QED) is 0.851. The van der Waals surface area contributed by atoms with Crippen LogP contribution in [0.3, 0.4) is 0 Å². The zero-order valence-corrected chi connectivity index (χ0v) is 12.4. The van der Waals surface area contributed by atoms with E-state index in [4.69, 9.17) is 4.52 Å². The standard InChI is InChI=1S/C16H19N3O2/c1-11-15(12(2)21-18-11)16(20)19-9-5-14(6-10-19)13-3-7-17-8-4-13/h3-4,7-8,14H,5-6,9-10H2,1-2H3. The number of carbonyl (C=O) groups is 1. The summed E-state index contributed by atoms with van der Waals surface area (Å²) in [7, 11) is 0. The predicted molar refractivity (Wildman–Crippen MR) is 78.1 cm³/mol. The topological polar surface area (TPSA) is 59.2 Å². The lowest BCUT2D eigenvalue weighted by molar-refractivity contribution is 0.0710. The van der Waals surface area contributed by atoms with Gasteiger partial charge in [0.2, 0.25) is 0 Å². The Morgan fingerprint density at radius 1 is 1.24 bits per heavy atom. The summed E-state index contributed by atoms with van der Waals surface area (Å²) < 4.78 is 5.09. The Balaban J connectivity index is 1.68. The van der Waals surface area contributed by atoms with E-state index >= 15 is 0 Å². The van der Waals surface area contributed by atoms with Crippen molar-refractivity contribution < 1.29 is 9.32 Å². The van der Waals surface area contributed by atoms with E-state index in [1.807, 2.05) is 24.2 Å². The highest BCUT2D eigenvalue weighted by Gasteiger charge is 2.27. The lowest BCUT2D eigenvalue weighted by Gasteiger charge is -2.32. The van der Waals surface area contributed by atoms with Crippen molar-refractivity contribution in [1.29, 1.82) is 0 Å². The number of piperidine rings is 1. The van der Waals surface area contributed by atoms with Crippen molar-refractivity contribution in [2.24, 2.45) is 0 Å². The normalized spacial score (nSPS) is 16.2. The maximum absolute atomic E-state index is 12.6. The molecule has 2 aromatic rings. The summed E-state index contributed by atoms with van der Waals surface area (Å²) in [6, 6.07) is 4.13. The molecule has 0 atom stereocenters. The molecule has 1 saturated heterocycles. The summed E-state index contributed by atoms with van der Waals surface area (Å²) in [5.74, 6) is 1.16. The van der Waals surface area contributed by atoms with E-state index in [2.05, 4.69) is 22.3 Å². The number of hydrogen-bond donors (Lipinski definition) is 0. The molecular weight excluding hydrogens is 266 g/mol. The number of likely N-dealkylation sites (tertiary alicyclic amines) is 1. The maximum Gasteiger partial charge on any atom is 0.259 e. The number of hydrogen-bond acceptors (Lipinski definition) is 4. The first-order valence-electron chi connectivity index (χ1n) is 7.29. The molecule has 0 bridgehead atoms. The van der Waals surface area contributed by atoms with Gasteiger partial charge >= 0.3 is 0 Å². The fourth-order valence-electron chi connectivity index (χ4n) is 3.00. The summed E-state index contributed by atoms with van der Waals surface area (Å²) in [5, 5.41) is 3.87. The van der Waals surface area contributed by atoms with Crippen LogP contribution in [0, 0.1) is 13.8 Å². The minimum absolute atomic E-state index is 0.0411. The number of carbonyl (C=O) groups excluding carboxylic acids is 1. The van der Waals surface area contributed by atoms with Crippen LogP contribution in [-0.4, -0.2) is 34.0 Å². The highest BCUT2D eigenvalue weighted by Crippen LogP contribution is 2.28. The van der Waals surface area contributed by atoms with E-state index in [0.717, 1.165) is 25.9 Å². The largest absolute Gasteiger partial charge is 0.361 e. The van der Waals surface area contributed by atoms with E-state index in [0.29, 0.717) is 22.9 Å². The minimum atomic E-state index is 0.0411. The molecule has 5 heteroatoms. The monoisotopic (exact) mass is 285 g/mol. The van der Waals surface area contributed by atoms with Crippen LogP contribution < -0.4 is 0 Å². The molecule has 110 valence electrons. The average molecular weight is 285 g/mol. The van der Waals surface area contributed by atoms with Gasteiger partial charge in [0.1, 0.15) is 11.3 Å². The molecule has 0 aromatic carbocycles. The fraction of sp³-hybridized carbons (Fsp3) is 0.438. The van der Waals surface area contributed by atoms with Crippen molar-refractivity contribution in [3.8, 4) is 0 Å². The van der Waals surface area contributed by atoms with E-state index in [1.165, 1.54) is 5.56 Å². The Kier molecular flexibility index (Phi) is 3.73. The van der Waals surface area contributed by atoms with Crippen LogP contribution in [0.2, 0.25) is 0 Å². The first-order valence-corrected chi connectivity index (χ1v) is 7.29. The van der Waals surface area contributed by atoms with Crippen LogP contribution in [0.25, 0.3) is 0 Å². The molecule has 1 fully saturated rings. The summed E-state index contributed by atoms with van der Waals surface area (Å²) in [6.07, 6.45) is 5.63. The number of aryl methyl sites for hydroxylation is 2. The molecule has 0 unspecified atom stereocenters. The molecule has 2 aromatic heterocycles. The van der Waals surface area contributed by atoms with Gasteiger partial charge in [-0.1, -0.05) is 5.16 Å². The molecule has 21 heavy (non-hydrogen) atoms. The highest BCUT2D eigenvalue weighted by atomic mass is 16.5. The van der Waals surface area contributed by atoms with Gasteiger partial charge in [-0.25, -0.2) is 0 Å². The van der Waals surface area contributed by atoms with Crippen molar-refractivity contribution in [2.45, 2.75) is 32.6 Å². The van der Waals surface area contributed by atoms with Gasteiger partial charge < -0.3 is 9.42 Å². The second kappa shape index (κ2) is 5.68. The van der Waals surface area contributed by atoms with Crippen molar-refractivity contribution in [3.63, 3.8) is 0 Å². The van der Waals surface area contributed by atoms with E-state index in [1.54, 1.807) is 6.92 Å². The second-order valence-corrected chi connectivity index (χ2v) is 5.55. The Labute approximate surface area is 124 Å². The van der Waals surface area contributed by atoms with Gasteiger partial charge in [0.25, 0.3) is 5.91 Å². The highest BCUT2D eigenvalue weighted by molar-refractivity contribution is 5.96.